The van der Waals surface area contributed by atoms with Gasteiger partial charge >= 0.3 is 0 Å². The molecule has 0 saturated heterocycles. The SMILES string of the molecule is Cc1cc(C)c2c(c1)[N+](C)=C(C=Cc1ccccc1)C2(C)C.[O-][Cl+3]([O-])([O-])[O-]. The second-order valence-corrected chi connectivity index (χ2v) is 7.92. The molecule has 3 rings (SSSR count). The molecule has 0 amide bonds. The van der Waals surface area contributed by atoms with E-state index in [-0.39, 0.29) is 5.41 Å². The highest BCUT2D eigenvalue weighted by Gasteiger charge is 2.44. The van der Waals surface area contributed by atoms with E-state index in [2.05, 4.69) is 93.9 Å². The first-order chi connectivity index (χ1) is 12.4. The lowest BCUT2D eigenvalue weighted by atomic mass is 9.79. The highest BCUT2D eigenvalue weighted by molar-refractivity contribution is 6.05. The van der Waals surface area contributed by atoms with Crippen LogP contribution < -0.4 is 18.6 Å². The van der Waals surface area contributed by atoms with E-state index < -0.39 is 10.2 Å². The largest absolute Gasteiger partial charge is 0.222 e. The van der Waals surface area contributed by atoms with E-state index in [1.54, 1.807) is 0 Å². The number of fused-ring (bicyclic) bond motifs is 1. The summed E-state index contributed by atoms with van der Waals surface area (Å²) in [7, 11) is -2.77. The maximum Gasteiger partial charge on any atom is 0.210 e. The minimum atomic E-state index is -4.94. The summed E-state index contributed by atoms with van der Waals surface area (Å²) in [5.74, 6) is 0. The van der Waals surface area contributed by atoms with Gasteiger partial charge in [0.05, 0.1) is 5.41 Å². The topological polar surface area (TPSA) is 95.2 Å². The van der Waals surface area contributed by atoms with E-state index in [9.17, 15) is 0 Å². The fourth-order valence-electron chi connectivity index (χ4n) is 3.76. The maximum absolute atomic E-state index is 8.49. The summed E-state index contributed by atoms with van der Waals surface area (Å²) in [5, 5.41) is 0. The summed E-state index contributed by atoms with van der Waals surface area (Å²) in [6, 6.07) is 15.1. The first-order valence-electron chi connectivity index (χ1n) is 8.49. The third kappa shape index (κ3) is 5.25. The Balaban J connectivity index is 0.000000465. The van der Waals surface area contributed by atoms with E-state index in [1.165, 1.54) is 33.7 Å². The Kier molecular flexibility index (Phi) is 6.24. The van der Waals surface area contributed by atoms with Gasteiger partial charge in [0.25, 0.3) is 0 Å². The lowest BCUT2D eigenvalue weighted by Crippen LogP contribution is -2.68. The molecule has 27 heavy (non-hydrogen) atoms. The number of hydrogen-bond acceptors (Lipinski definition) is 4. The number of benzene rings is 2. The van der Waals surface area contributed by atoms with Crippen LogP contribution in [-0.4, -0.2) is 17.3 Å². The molecule has 0 spiro atoms. The maximum atomic E-state index is 8.49. The van der Waals surface area contributed by atoms with Crippen LogP contribution in [0.5, 0.6) is 0 Å². The lowest BCUT2D eigenvalue weighted by Gasteiger charge is -2.18. The molecule has 5 nitrogen and oxygen atoms in total. The van der Waals surface area contributed by atoms with Gasteiger partial charge < -0.3 is 0 Å². The van der Waals surface area contributed by atoms with Gasteiger partial charge in [0.1, 0.15) is 7.05 Å². The van der Waals surface area contributed by atoms with E-state index in [0.717, 1.165) is 0 Å². The molecular formula is C21H24ClNO4. The Labute approximate surface area is 162 Å². The predicted molar refractivity (Wildman–Crippen MR) is 95.3 cm³/mol. The van der Waals surface area contributed by atoms with Crippen molar-refractivity contribution in [1.82, 2.24) is 0 Å². The Morgan fingerprint density at radius 3 is 2.04 bits per heavy atom. The van der Waals surface area contributed by atoms with Crippen LogP contribution in [0.15, 0.2) is 48.5 Å². The van der Waals surface area contributed by atoms with Gasteiger partial charge in [0.15, 0.2) is 5.71 Å². The molecule has 0 aromatic heterocycles. The van der Waals surface area contributed by atoms with E-state index in [0.29, 0.717) is 0 Å². The number of rotatable bonds is 2. The van der Waals surface area contributed by atoms with Gasteiger partial charge in [-0.15, -0.1) is 10.2 Å². The van der Waals surface area contributed by atoms with Crippen molar-refractivity contribution in [2.24, 2.45) is 0 Å². The summed E-state index contributed by atoms with van der Waals surface area (Å²) in [6.07, 6.45) is 4.48. The number of halogens is 1. The lowest BCUT2D eigenvalue weighted by molar-refractivity contribution is -2.00. The van der Waals surface area contributed by atoms with Gasteiger partial charge in [-0.05, 0) is 50.5 Å². The van der Waals surface area contributed by atoms with Crippen LogP contribution in [0.3, 0.4) is 0 Å². The smallest absolute Gasteiger partial charge is 0.210 e. The van der Waals surface area contributed by atoms with Crippen molar-refractivity contribution in [3.8, 4) is 0 Å². The molecule has 2 aromatic carbocycles. The van der Waals surface area contributed by atoms with Crippen LogP contribution in [0.4, 0.5) is 5.69 Å². The van der Waals surface area contributed by atoms with Crippen LogP contribution >= 0.6 is 0 Å². The Bertz CT molecular complexity index is 875. The fourth-order valence-corrected chi connectivity index (χ4v) is 3.76. The summed E-state index contributed by atoms with van der Waals surface area (Å²) >= 11 is 0. The first-order valence-corrected chi connectivity index (χ1v) is 9.72. The van der Waals surface area contributed by atoms with Gasteiger partial charge in [-0.25, -0.2) is 18.6 Å². The molecule has 0 atom stereocenters. The quantitative estimate of drug-likeness (QED) is 0.688. The van der Waals surface area contributed by atoms with Crippen LogP contribution in [0.25, 0.3) is 6.08 Å². The molecule has 0 unspecified atom stereocenters. The zero-order chi connectivity index (χ0) is 20.4. The van der Waals surface area contributed by atoms with Gasteiger partial charge in [0, 0.05) is 17.7 Å². The molecule has 2 aromatic rings. The zero-order valence-corrected chi connectivity index (χ0v) is 16.9. The number of nitrogens with zero attached hydrogens (tertiary/aromatic N) is 1. The van der Waals surface area contributed by atoms with Crippen molar-refractivity contribution < 1.29 is 33.5 Å². The summed E-state index contributed by atoms with van der Waals surface area (Å²) in [6.45, 7) is 9.04. The predicted octanol–water partition coefficient (Wildman–Crippen LogP) is 0.267. The average molecular weight is 390 g/mol. The van der Waals surface area contributed by atoms with Gasteiger partial charge in [-0.1, -0.05) is 36.4 Å². The Morgan fingerprint density at radius 1 is 0.926 bits per heavy atom. The van der Waals surface area contributed by atoms with Crippen LogP contribution in [0.1, 0.15) is 36.1 Å². The van der Waals surface area contributed by atoms with Crippen molar-refractivity contribution in [3.05, 3.63) is 70.8 Å². The molecule has 144 valence electrons. The monoisotopic (exact) mass is 389 g/mol. The molecule has 0 radical (unpaired) electrons. The number of aryl methyl sites for hydroxylation is 2. The fraction of sp³-hybridized carbons (Fsp3) is 0.286. The molecule has 0 fully saturated rings. The highest BCUT2D eigenvalue weighted by atomic mass is 35.7. The molecule has 0 saturated carbocycles. The zero-order valence-electron chi connectivity index (χ0n) is 16.2. The second-order valence-electron chi connectivity index (χ2n) is 7.17. The number of allylic oxidation sites excluding steroid dienone is 1. The Morgan fingerprint density at radius 2 is 1.48 bits per heavy atom. The number of hydrogen-bond donors (Lipinski definition) is 0. The van der Waals surface area contributed by atoms with Crippen molar-refractivity contribution in [3.63, 3.8) is 0 Å². The third-order valence-electron chi connectivity index (χ3n) is 4.68. The highest BCUT2D eigenvalue weighted by Crippen LogP contribution is 2.42. The first kappa shape index (κ1) is 21.3. The van der Waals surface area contributed by atoms with Crippen molar-refractivity contribution in [2.75, 3.05) is 7.05 Å². The van der Waals surface area contributed by atoms with Gasteiger partial charge in [-0.2, -0.15) is 4.58 Å². The van der Waals surface area contributed by atoms with E-state index >= 15 is 0 Å². The van der Waals surface area contributed by atoms with Gasteiger partial charge in [-0.3, -0.25) is 0 Å². The second kappa shape index (κ2) is 7.92. The molecular weight excluding hydrogens is 366 g/mol. The van der Waals surface area contributed by atoms with Crippen molar-refractivity contribution in [2.45, 2.75) is 33.1 Å². The van der Waals surface area contributed by atoms with Gasteiger partial charge in [0.2, 0.25) is 5.69 Å². The molecule has 1 aliphatic rings. The molecule has 6 heteroatoms. The summed E-state index contributed by atoms with van der Waals surface area (Å²) in [4.78, 5) is 0. The normalized spacial score (nSPS) is 15.6. The molecule has 0 bridgehead atoms. The van der Waals surface area contributed by atoms with E-state index in [1.807, 2.05) is 0 Å². The third-order valence-corrected chi connectivity index (χ3v) is 4.68. The average Bonchev–Trinajstić information content (AvgIpc) is 2.71. The van der Waals surface area contributed by atoms with E-state index in [4.69, 9.17) is 18.6 Å². The summed E-state index contributed by atoms with van der Waals surface area (Å²) < 4.78 is 36.3. The molecule has 1 heterocycles. The minimum Gasteiger partial charge on any atom is -0.222 e. The molecule has 0 aliphatic carbocycles. The van der Waals surface area contributed by atoms with Crippen LogP contribution in [-0.2, 0) is 5.41 Å². The van der Waals surface area contributed by atoms with Crippen molar-refractivity contribution >= 4 is 17.5 Å². The molecule has 1 aliphatic heterocycles. The van der Waals surface area contributed by atoms with Crippen LogP contribution in [0, 0.1) is 24.1 Å². The summed E-state index contributed by atoms with van der Waals surface area (Å²) in [5.41, 5.74) is 8.13. The Hall–Kier alpha value is -2.02. The van der Waals surface area contributed by atoms with Crippen molar-refractivity contribution in [1.29, 1.82) is 0 Å². The standard InChI is InChI=1S/C21H24N.ClHO4/c1-15-13-16(2)20-18(14-15)22(5)19(21(20,3)4)12-11-17-9-7-6-8-10-17;2-1(3,4)5/h6-14H,1-5H3;(H,2,3,4,5)/q+1;/p-1. The minimum absolute atomic E-state index is 0.0349. The van der Waals surface area contributed by atoms with Crippen LogP contribution in [0.2, 0.25) is 0 Å². The molecule has 0 N–H and O–H groups in total.